The molecular weight excluding hydrogens is 439 g/mol. The van der Waals surface area contributed by atoms with Crippen LogP contribution in [0.15, 0.2) is 78.0 Å². The number of nitrogens with one attached hydrogen (secondary N) is 2. The van der Waals surface area contributed by atoms with E-state index in [1.807, 2.05) is 37.3 Å². The summed E-state index contributed by atoms with van der Waals surface area (Å²) in [6.45, 7) is 1.86. The third-order valence-corrected chi connectivity index (χ3v) is 5.45. The molecule has 1 aromatic heterocycles. The monoisotopic (exact) mass is 459 g/mol. The predicted octanol–water partition coefficient (Wildman–Crippen LogP) is 5.32. The van der Waals surface area contributed by atoms with Crippen LogP contribution in [-0.2, 0) is 11.0 Å². The van der Waals surface area contributed by atoms with Crippen molar-refractivity contribution >= 4 is 29.3 Å². The Morgan fingerprint density at radius 1 is 1.00 bits per heavy atom. The number of pyridine rings is 1. The Hall–Kier alpha value is -3.33. The maximum absolute atomic E-state index is 12.8. The Labute approximate surface area is 187 Å². The van der Waals surface area contributed by atoms with Crippen LogP contribution in [0.25, 0.3) is 0 Å². The molecule has 3 rings (SSSR count). The van der Waals surface area contributed by atoms with Gasteiger partial charge in [-0.2, -0.15) is 13.2 Å². The summed E-state index contributed by atoms with van der Waals surface area (Å²) >= 11 is 0.998. The largest absolute Gasteiger partial charge is 0.417 e. The number of benzene rings is 2. The third-order valence-electron chi connectivity index (χ3n) is 4.51. The number of amides is 2. The van der Waals surface area contributed by atoms with Crippen molar-refractivity contribution in [3.8, 4) is 0 Å². The lowest BCUT2D eigenvalue weighted by Crippen LogP contribution is -2.28. The second-order valence-electron chi connectivity index (χ2n) is 6.87. The summed E-state index contributed by atoms with van der Waals surface area (Å²) in [7, 11) is 0. The van der Waals surface area contributed by atoms with Gasteiger partial charge in [0.2, 0.25) is 5.91 Å². The highest BCUT2D eigenvalue weighted by Crippen LogP contribution is 2.29. The number of carbonyl (C=O) groups is 2. The Balaban J connectivity index is 1.60. The molecule has 1 heterocycles. The fourth-order valence-electron chi connectivity index (χ4n) is 2.85. The molecule has 0 aliphatic carbocycles. The van der Waals surface area contributed by atoms with E-state index in [-0.39, 0.29) is 22.7 Å². The van der Waals surface area contributed by atoms with Gasteiger partial charge in [0.05, 0.1) is 33.6 Å². The number of nitrogens with zero attached hydrogens (tertiary/aromatic N) is 1. The Kier molecular flexibility index (Phi) is 7.53. The molecule has 9 heteroatoms. The molecule has 1 atom stereocenters. The number of aromatic nitrogens is 1. The average Bonchev–Trinajstić information content (AvgIpc) is 2.78. The topological polar surface area (TPSA) is 71.1 Å². The van der Waals surface area contributed by atoms with Gasteiger partial charge in [-0.15, -0.1) is 0 Å². The van der Waals surface area contributed by atoms with Gasteiger partial charge in [-0.3, -0.25) is 9.59 Å². The Bertz CT molecular complexity index is 1070. The zero-order valence-corrected chi connectivity index (χ0v) is 17.8. The molecule has 0 aliphatic heterocycles. The van der Waals surface area contributed by atoms with Crippen LogP contribution >= 0.6 is 11.8 Å². The van der Waals surface area contributed by atoms with Crippen LogP contribution in [0.2, 0.25) is 0 Å². The van der Waals surface area contributed by atoms with E-state index in [1.165, 1.54) is 6.07 Å². The summed E-state index contributed by atoms with van der Waals surface area (Å²) in [5.41, 5.74) is 0.747. The summed E-state index contributed by atoms with van der Waals surface area (Å²) in [5.74, 6) is -0.822. The number of hydrogen-bond donors (Lipinski definition) is 2. The highest BCUT2D eigenvalue weighted by atomic mass is 32.2. The molecule has 2 amide bonds. The van der Waals surface area contributed by atoms with Gasteiger partial charge in [0.25, 0.3) is 5.91 Å². The first-order chi connectivity index (χ1) is 15.2. The molecule has 2 aromatic carbocycles. The van der Waals surface area contributed by atoms with Crippen molar-refractivity contribution in [3.05, 3.63) is 89.6 Å². The van der Waals surface area contributed by atoms with Crippen molar-refractivity contribution in [2.24, 2.45) is 0 Å². The van der Waals surface area contributed by atoms with Crippen molar-refractivity contribution in [2.45, 2.75) is 24.2 Å². The van der Waals surface area contributed by atoms with Gasteiger partial charge in [-0.1, -0.05) is 54.2 Å². The van der Waals surface area contributed by atoms with Gasteiger partial charge in [0, 0.05) is 6.20 Å². The lowest BCUT2D eigenvalue weighted by atomic mass is 10.1. The quantitative estimate of drug-likeness (QED) is 0.469. The van der Waals surface area contributed by atoms with Gasteiger partial charge in [-0.05, 0) is 36.8 Å². The van der Waals surface area contributed by atoms with Crippen molar-refractivity contribution in [1.82, 2.24) is 10.3 Å². The number of hydrogen-bond acceptors (Lipinski definition) is 4. The van der Waals surface area contributed by atoms with Gasteiger partial charge in [0.15, 0.2) is 0 Å². The summed E-state index contributed by atoms with van der Waals surface area (Å²) in [6.07, 6.45) is -3.73. The van der Waals surface area contributed by atoms with E-state index in [2.05, 4.69) is 15.6 Å². The number of halogens is 3. The molecule has 166 valence electrons. The van der Waals surface area contributed by atoms with Crippen LogP contribution in [0.1, 0.15) is 34.5 Å². The second kappa shape index (κ2) is 10.3. The summed E-state index contributed by atoms with van der Waals surface area (Å²) in [6, 6.07) is 18.0. The molecule has 32 heavy (non-hydrogen) atoms. The Morgan fingerprint density at radius 2 is 1.69 bits per heavy atom. The van der Waals surface area contributed by atoms with Crippen LogP contribution in [-0.4, -0.2) is 22.6 Å². The first-order valence-electron chi connectivity index (χ1n) is 9.65. The zero-order valence-electron chi connectivity index (χ0n) is 17.0. The molecule has 5 nitrogen and oxygen atoms in total. The maximum Gasteiger partial charge on any atom is 0.417 e. The van der Waals surface area contributed by atoms with Crippen LogP contribution in [0.4, 0.5) is 18.9 Å². The fraction of sp³-hybridized carbons (Fsp3) is 0.174. The summed E-state index contributed by atoms with van der Waals surface area (Å²) in [5, 5.41) is 5.87. The highest BCUT2D eigenvalue weighted by molar-refractivity contribution is 7.99. The number of para-hydroxylation sites is 1. The second-order valence-corrected chi connectivity index (χ2v) is 7.87. The number of alkyl halides is 3. The lowest BCUT2D eigenvalue weighted by molar-refractivity contribution is -0.137. The van der Waals surface area contributed by atoms with Gasteiger partial charge in [-0.25, -0.2) is 4.98 Å². The molecule has 1 unspecified atom stereocenters. The first-order valence-corrected chi connectivity index (χ1v) is 10.6. The highest BCUT2D eigenvalue weighted by Gasteiger charge is 2.30. The normalized spacial score (nSPS) is 12.1. The van der Waals surface area contributed by atoms with Crippen molar-refractivity contribution in [2.75, 3.05) is 11.1 Å². The molecular formula is C23H20F3N3O2S. The van der Waals surface area contributed by atoms with Gasteiger partial charge in [0.1, 0.15) is 0 Å². The van der Waals surface area contributed by atoms with Crippen molar-refractivity contribution in [3.63, 3.8) is 0 Å². The van der Waals surface area contributed by atoms with Gasteiger partial charge < -0.3 is 10.6 Å². The Morgan fingerprint density at radius 3 is 2.34 bits per heavy atom. The minimum Gasteiger partial charge on any atom is -0.345 e. The molecule has 0 spiro atoms. The minimum atomic E-state index is -4.46. The summed E-state index contributed by atoms with van der Waals surface area (Å²) in [4.78, 5) is 28.8. The SMILES string of the molecule is CC(NC(=O)c1ccccc1NC(=O)CSc1ccc(C(F)(F)F)cn1)c1ccccc1. The van der Waals surface area contributed by atoms with Crippen LogP contribution < -0.4 is 10.6 Å². The minimum absolute atomic E-state index is 0.0747. The standard InChI is InChI=1S/C23H20F3N3O2S/c1-15(16-7-3-2-4-8-16)28-22(31)18-9-5-6-10-19(18)29-20(30)14-32-21-12-11-17(13-27-21)23(24,25)26/h2-13,15H,14H2,1H3,(H,28,31)(H,29,30). The van der Waals surface area contributed by atoms with Crippen molar-refractivity contribution < 1.29 is 22.8 Å². The number of rotatable bonds is 7. The molecule has 0 fully saturated rings. The average molecular weight is 459 g/mol. The van der Waals surface area contributed by atoms with E-state index in [9.17, 15) is 22.8 Å². The van der Waals surface area contributed by atoms with Gasteiger partial charge >= 0.3 is 6.18 Å². The smallest absolute Gasteiger partial charge is 0.345 e. The fourth-order valence-corrected chi connectivity index (χ4v) is 3.49. The lowest BCUT2D eigenvalue weighted by Gasteiger charge is -2.16. The third kappa shape index (κ3) is 6.34. The molecule has 0 saturated carbocycles. The molecule has 0 aliphatic rings. The molecule has 0 saturated heterocycles. The predicted molar refractivity (Wildman–Crippen MR) is 117 cm³/mol. The van der Waals surface area contributed by atoms with E-state index in [0.29, 0.717) is 11.3 Å². The van der Waals surface area contributed by atoms with Crippen LogP contribution in [0.5, 0.6) is 0 Å². The number of thioether (sulfide) groups is 1. The van der Waals surface area contributed by atoms with E-state index < -0.39 is 17.6 Å². The van der Waals surface area contributed by atoms with Crippen LogP contribution in [0.3, 0.4) is 0 Å². The summed E-state index contributed by atoms with van der Waals surface area (Å²) < 4.78 is 37.8. The molecule has 3 aromatic rings. The first kappa shape index (κ1) is 23.3. The van der Waals surface area contributed by atoms with E-state index in [4.69, 9.17) is 0 Å². The van der Waals surface area contributed by atoms with E-state index in [1.54, 1.807) is 24.3 Å². The maximum atomic E-state index is 12.8. The van der Waals surface area contributed by atoms with E-state index >= 15 is 0 Å². The van der Waals surface area contributed by atoms with E-state index in [0.717, 1.165) is 29.6 Å². The molecule has 0 radical (unpaired) electrons. The number of anilines is 1. The molecule has 0 bridgehead atoms. The van der Waals surface area contributed by atoms with Crippen molar-refractivity contribution in [1.29, 1.82) is 0 Å². The zero-order chi connectivity index (χ0) is 23.1. The molecule has 2 N–H and O–H groups in total. The number of carbonyl (C=O) groups excluding carboxylic acids is 2. The van der Waals surface area contributed by atoms with Crippen LogP contribution in [0, 0.1) is 0 Å².